The highest BCUT2D eigenvalue weighted by atomic mass is 32.2. The number of hydrogen-bond donors (Lipinski definition) is 2. The number of thioether (sulfide) groups is 1. The number of ether oxygens (including phenoxy) is 1. The molecular weight excluding hydrogens is 455 g/mol. The van der Waals surface area contributed by atoms with Crippen LogP contribution in [0.4, 0.5) is 24.8 Å². The molecule has 0 aliphatic carbocycles. The molecule has 0 fully saturated rings. The number of rotatable bonds is 10. The molecule has 2 atom stereocenters. The number of nitrogens with zero attached hydrogens (tertiary/aromatic N) is 4. The first-order chi connectivity index (χ1) is 15.7. The molecule has 1 aromatic heterocycles. The molecule has 11 heteroatoms. The molecule has 1 aliphatic heterocycles. The third kappa shape index (κ3) is 7.31. The maximum absolute atomic E-state index is 13.4. The van der Waals surface area contributed by atoms with Crippen molar-refractivity contribution in [1.82, 2.24) is 14.9 Å². The molecule has 2 aromatic rings. The number of nitrogens with one attached hydrogen (secondary N) is 1. The summed E-state index contributed by atoms with van der Waals surface area (Å²) in [6.07, 6.45) is -2.37. The van der Waals surface area contributed by atoms with Gasteiger partial charge < -0.3 is 20.1 Å². The molecule has 7 nitrogen and oxygen atoms in total. The molecule has 1 aromatic carbocycles. The standard InChI is InChI=1S/C22H28F3N5O2S/c1-14-15(2)33-20(27-14)19-5-6-26-21(29-19)28-17-11-16(22(23,24)25)12-18(13-17)32-10-4-7-30(3)8-9-31/h5-6,11-15,31H,4,7-10H2,1-3H3,(H,26,28,29). The Hall–Kier alpha value is -2.37. The van der Waals surface area contributed by atoms with Crippen LogP contribution in [0.1, 0.15) is 31.5 Å². The topological polar surface area (TPSA) is 82.9 Å². The van der Waals surface area contributed by atoms with Crippen molar-refractivity contribution in [3.63, 3.8) is 0 Å². The van der Waals surface area contributed by atoms with E-state index in [0.29, 0.717) is 30.5 Å². The molecule has 180 valence electrons. The molecule has 0 amide bonds. The summed E-state index contributed by atoms with van der Waals surface area (Å²) in [4.78, 5) is 15.1. The third-order valence-corrected chi connectivity index (χ3v) is 6.40. The Morgan fingerprint density at radius 1 is 1.21 bits per heavy atom. The van der Waals surface area contributed by atoms with Crippen molar-refractivity contribution in [1.29, 1.82) is 0 Å². The van der Waals surface area contributed by atoms with E-state index in [-0.39, 0.29) is 36.6 Å². The summed E-state index contributed by atoms with van der Waals surface area (Å²) in [6.45, 7) is 5.59. The predicted octanol–water partition coefficient (Wildman–Crippen LogP) is 4.20. The highest BCUT2D eigenvalue weighted by molar-refractivity contribution is 8.15. The highest BCUT2D eigenvalue weighted by Gasteiger charge is 2.31. The van der Waals surface area contributed by atoms with E-state index in [2.05, 4.69) is 27.2 Å². The van der Waals surface area contributed by atoms with Gasteiger partial charge in [0.2, 0.25) is 5.95 Å². The van der Waals surface area contributed by atoms with Crippen LogP contribution in [0.15, 0.2) is 35.5 Å². The Kier molecular flexibility index (Phi) is 8.55. The second-order valence-electron chi connectivity index (χ2n) is 7.86. The van der Waals surface area contributed by atoms with E-state index in [1.54, 1.807) is 24.0 Å². The van der Waals surface area contributed by atoms with Gasteiger partial charge in [0.05, 0.1) is 24.8 Å². The second-order valence-corrected chi connectivity index (χ2v) is 9.23. The van der Waals surface area contributed by atoms with Gasteiger partial charge in [-0.15, -0.1) is 0 Å². The number of halogens is 3. The Balaban J connectivity index is 1.74. The first-order valence-electron chi connectivity index (χ1n) is 10.6. The van der Waals surface area contributed by atoms with Gasteiger partial charge in [0.15, 0.2) is 0 Å². The lowest BCUT2D eigenvalue weighted by molar-refractivity contribution is -0.137. The third-order valence-electron chi connectivity index (χ3n) is 5.10. The van der Waals surface area contributed by atoms with Gasteiger partial charge in [0.1, 0.15) is 16.5 Å². The van der Waals surface area contributed by atoms with Gasteiger partial charge in [-0.3, -0.25) is 4.99 Å². The van der Waals surface area contributed by atoms with E-state index in [0.717, 1.165) is 17.2 Å². The van der Waals surface area contributed by atoms with Crippen molar-refractivity contribution < 1.29 is 23.0 Å². The minimum absolute atomic E-state index is 0.0490. The van der Waals surface area contributed by atoms with Crippen LogP contribution >= 0.6 is 11.8 Å². The molecule has 2 N–H and O–H groups in total. The van der Waals surface area contributed by atoms with Crippen LogP contribution in [-0.2, 0) is 6.18 Å². The fourth-order valence-corrected chi connectivity index (χ4v) is 4.19. The summed E-state index contributed by atoms with van der Waals surface area (Å²) in [5.74, 6) is 0.283. The number of anilines is 2. The minimum atomic E-state index is -4.53. The number of aliphatic hydroxyl groups is 1. The first kappa shape index (κ1) is 25.3. The van der Waals surface area contributed by atoms with Crippen molar-refractivity contribution in [3.8, 4) is 5.75 Å². The van der Waals surface area contributed by atoms with Gasteiger partial charge in [-0.1, -0.05) is 18.7 Å². The monoisotopic (exact) mass is 483 g/mol. The molecule has 0 saturated carbocycles. The van der Waals surface area contributed by atoms with Crippen LogP contribution in [0.2, 0.25) is 0 Å². The fourth-order valence-electron chi connectivity index (χ4n) is 3.11. The zero-order valence-corrected chi connectivity index (χ0v) is 19.6. The number of alkyl halides is 3. The van der Waals surface area contributed by atoms with Crippen molar-refractivity contribution in [2.24, 2.45) is 4.99 Å². The van der Waals surface area contributed by atoms with Gasteiger partial charge in [-0.2, -0.15) is 13.2 Å². The van der Waals surface area contributed by atoms with E-state index in [4.69, 9.17) is 9.84 Å². The van der Waals surface area contributed by atoms with Crippen molar-refractivity contribution >= 4 is 28.4 Å². The zero-order chi connectivity index (χ0) is 24.0. The van der Waals surface area contributed by atoms with Crippen molar-refractivity contribution in [2.75, 3.05) is 38.7 Å². The smallest absolute Gasteiger partial charge is 0.416 e. The summed E-state index contributed by atoms with van der Waals surface area (Å²) < 4.78 is 45.9. The van der Waals surface area contributed by atoms with Gasteiger partial charge in [0.25, 0.3) is 0 Å². The molecule has 2 unspecified atom stereocenters. The molecule has 2 heterocycles. The Morgan fingerprint density at radius 2 is 2.00 bits per heavy atom. The molecule has 3 rings (SSSR count). The highest BCUT2D eigenvalue weighted by Crippen LogP contribution is 2.35. The SMILES string of the molecule is CC1N=C(c2ccnc(Nc3cc(OCCCN(C)CCO)cc(C(F)(F)F)c3)n2)SC1C. The number of aromatic nitrogens is 2. The van der Waals surface area contributed by atoms with Crippen molar-refractivity contribution in [2.45, 2.75) is 37.7 Å². The number of likely N-dealkylation sites (N-methyl/N-ethyl adjacent to an activating group) is 1. The summed E-state index contributed by atoms with van der Waals surface area (Å²) in [5, 5.41) is 12.9. The van der Waals surface area contributed by atoms with Gasteiger partial charge in [-0.25, -0.2) is 9.97 Å². The average Bonchev–Trinajstić information content (AvgIpc) is 3.09. The average molecular weight is 484 g/mol. The maximum Gasteiger partial charge on any atom is 0.416 e. The predicted molar refractivity (Wildman–Crippen MR) is 125 cm³/mol. The molecular formula is C22H28F3N5O2S. The number of benzene rings is 1. The summed E-state index contributed by atoms with van der Waals surface area (Å²) >= 11 is 1.61. The number of aliphatic imine (C=N–C) groups is 1. The van der Waals surface area contributed by atoms with Crippen LogP contribution in [0, 0.1) is 0 Å². The van der Waals surface area contributed by atoms with E-state index in [9.17, 15) is 13.2 Å². The van der Waals surface area contributed by atoms with Crippen LogP contribution in [0.3, 0.4) is 0 Å². The van der Waals surface area contributed by atoms with Gasteiger partial charge >= 0.3 is 6.18 Å². The first-order valence-corrected chi connectivity index (χ1v) is 11.5. The van der Waals surface area contributed by atoms with E-state index in [1.165, 1.54) is 6.07 Å². The zero-order valence-electron chi connectivity index (χ0n) is 18.8. The summed E-state index contributed by atoms with van der Waals surface area (Å²) in [6, 6.07) is 5.38. The normalized spacial score (nSPS) is 18.5. The summed E-state index contributed by atoms with van der Waals surface area (Å²) in [5.41, 5.74) is -0.0179. The van der Waals surface area contributed by atoms with E-state index in [1.807, 2.05) is 18.9 Å². The van der Waals surface area contributed by atoms with E-state index >= 15 is 0 Å². The quantitative estimate of drug-likeness (QED) is 0.490. The lowest BCUT2D eigenvalue weighted by atomic mass is 10.2. The molecule has 0 spiro atoms. The van der Waals surface area contributed by atoms with Gasteiger partial charge in [-0.05, 0) is 38.6 Å². The molecule has 1 aliphatic rings. The Labute approximate surface area is 195 Å². The lowest BCUT2D eigenvalue weighted by Crippen LogP contribution is -2.24. The number of aliphatic hydroxyl groups excluding tert-OH is 1. The Morgan fingerprint density at radius 3 is 2.67 bits per heavy atom. The molecule has 0 radical (unpaired) electrons. The molecule has 0 saturated heterocycles. The van der Waals surface area contributed by atoms with Gasteiger partial charge in [0, 0.05) is 36.3 Å². The fraction of sp³-hybridized carbons (Fsp3) is 0.500. The number of hydrogen-bond acceptors (Lipinski definition) is 8. The molecule has 33 heavy (non-hydrogen) atoms. The maximum atomic E-state index is 13.4. The van der Waals surface area contributed by atoms with Crippen LogP contribution in [-0.4, -0.2) is 69.7 Å². The Bertz CT molecular complexity index is 973. The molecule has 0 bridgehead atoms. The van der Waals surface area contributed by atoms with Crippen LogP contribution < -0.4 is 10.1 Å². The minimum Gasteiger partial charge on any atom is -0.493 e. The van der Waals surface area contributed by atoms with Crippen LogP contribution in [0.5, 0.6) is 5.75 Å². The van der Waals surface area contributed by atoms with E-state index < -0.39 is 11.7 Å². The largest absolute Gasteiger partial charge is 0.493 e. The van der Waals surface area contributed by atoms with Crippen LogP contribution in [0.25, 0.3) is 0 Å². The summed E-state index contributed by atoms with van der Waals surface area (Å²) in [7, 11) is 1.85. The van der Waals surface area contributed by atoms with Crippen molar-refractivity contribution in [3.05, 3.63) is 41.7 Å². The lowest BCUT2D eigenvalue weighted by Gasteiger charge is -2.16. The second kappa shape index (κ2) is 11.2.